The lowest BCUT2D eigenvalue weighted by atomic mass is 10.7. The highest BCUT2D eigenvalue weighted by Crippen LogP contribution is 1.83. The molecule has 0 radical (unpaired) electrons. The van der Waals surface area contributed by atoms with Crippen LogP contribution in [0, 0.1) is 0 Å². The van der Waals surface area contributed by atoms with Gasteiger partial charge in [-0.15, -0.1) is 0 Å². The summed E-state index contributed by atoms with van der Waals surface area (Å²) in [6.07, 6.45) is -0.319. The highest BCUT2D eigenvalue weighted by Gasteiger charge is 2.02. The summed E-state index contributed by atoms with van der Waals surface area (Å²) >= 11 is 0. The minimum absolute atomic E-state index is 0. The van der Waals surface area contributed by atoms with Gasteiger partial charge in [-0.1, -0.05) is 73.8 Å². The lowest BCUT2D eigenvalue weighted by Crippen LogP contribution is -2.33. The molecule has 0 saturated heterocycles. The molecule has 59 heavy (non-hydrogen) atoms. The van der Waals surface area contributed by atoms with Crippen molar-refractivity contribution in [2.45, 2.75) is 80.7 Å². The summed E-state index contributed by atoms with van der Waals surface area (Å²) in [4.78, 5) is 59.2. The molecule has 0 heterocycles. The van der Waals surface area contributed by atoms with Crippen molar-refractivity contribution in [1.82, 2.24) is 59.6 Å². The molecule has 0 aliphatic carbocycles. The van der Waals surface area contributed by atoms with Crippen LogP contribution in [-0.4, -0.2) is 262 Å². The van der Waals surface area contributed by atoms with Crippen LogP contribution in [0.4, 0.5) is 14.4 Å². The van der Waals surface area contributed by atoms with E-state index in [-0.39, 0.29) is 90.9 Å². The van der Waals surface area contributed by atoms with E-state index in [4.69, 9.17) is 0 Å². The number of ether oxygens (including phenoxy) is 1. The molecule has 6 amide bonds. The zero-order valence-corrected chi connectivity index (χ0v) is 37.6. The molecule has 0 bridgehead atoms. The third-order valence-corrected chi connectivity index (χ3v) is 4.23. The predicted octanol–water partition coefficient (Wildman–Crippen LogP) is 6.79. The summed E-state index contributed by atoms with van der Waals surface area (Å²) in [6.45, 7) is 6.78. The van der Waals surface area contributed by atoms with E-state index in [0.717, 1.165) is 19.9 Å². The molecule has 17 heteroatoms. The van der Waals surface area contributed by atoms with Gasteiger partial charge >= 0.3 is 18.2 Å². The van der Waals surface area contributed by atoms with Crippen LogP contribution in [-0.2, 0) is 9.53 Å². The fourth-order valence-corrected chi connectivity index (χ4v) is 1.69. The van der Waals surface area contributed by atoms with Crippen LogP contribution in [0.1, 0.15) is 80.7 Å². The van der Waals surface area contributed by atoms with Crippen molar-refractivity contribution in [1.29, 1.82) is 0 Å². The van der Waals surface area contributed by atoms with Gasteiger partial charge in [-0.3, -0.25) is 19.5 Å². The molecule has 0 aliphatic rings. The van der Waals surface area contributed by atoms with Gasteiger partial charge in [-0.05, 0) is 91.1 Å². The van der Waals surface area contributed by atoms with Gasteiger partial charge < -0.3 is 49.7 Å². The second-order valence-corrected chi connectivity index (χ2v) is 12.9. The molecule has 0 aromatic carbocycles. The van der Waals surface area contributed by atoms with Crippen molar-refractivity contribution in [2.24, 2.45) is 0 Å². The molecule has 0 rings (SSSR count). The maximum absolute atomic E-state index is 10.7. The number of hydrogen-bond acceptors (Lipinski definition) is 11. The summed E-state index contributed by atoms with van der Waals surface area (Å²) in [5.74, 6) is 0.0926. The highest BCUT2D eigenvalue weighted by molar-refractivity contribution is 5.73. The molecule has 2 N–H and O–H groups in total. The predicted molar refractivity (Wildman–Crippen MR) is 276 cm³/mol. The number of methoxy groups -OCH3 is 1. The smallest absolute Gasteiger partial charge is 0.408 e. The Kier molecular flexibility index (Phi) is 150. The van der Waals surface area contributed by atoms with Crippen LogP contribution in [0.25, 0.3) is 0 Å². The normalized spacial score (nSPS) is 7.58. The van der Waals surface area contributed by atoms with Crippen molar-refractivity contribution in [3.63, 3.8) is 0 Å². The molecule has 0 atom stereocenters. The SMILES string of the molecule is C.C.C.C.C.C.C.C.C.CC(=O)N(C)C.CCN(C)C.CN(C)C.CN(C)C(=O)N(C)C.CN(C)CN(C)C.CNC(=O)N(C)C.CNCN(C)C.COC(=O)N(C)C. The van der Waals surface area contributed by atoms with Crippen molar-refractivity contribution >= 4 is 24.1 Å². The molecule has 17 nitrogen and oxygen atoms in total. The first kappa shape index (κ1) is 111. The van der Waals surface area contributed by atoms with Gasteiger partial charge in [-0.25, -0.2) is 14.4 Å². The lowest BCUT2D eigenvalue weighted by Gasteiger charge is -2.16. The van der Waals surface area contributed by atoms with Crippen LogP contribution in [0.5, 0.6) is 0 Å². The maximum atomic E-state index is 10.7. The Morgan fingerprint density at radius 2 is 0.712 bits per heavy atom. The van der Waals surface area contributed by atoms with Gasteiger partial charge in [0.15, 0.2) is 0 Å². The van der Waals surface area contributed by atoms with E-state index in [2.05, 4.69) is 84.2 Å². The van der Waals surface area contributed by atoms with E-state index in [9.17, 15) is 19.2 Å². The average Bonchev–Trinajstić information content (AvgIpc) is 2.96. The number of nitrogens with one attached hydrogen (secondary N) is 2. The van der Waals surface area contributed by atoms with Crippen molar-refractivity contribution < 1.29 is 23.9 Å². The molecule has 0 aliphatic heterocycles. The second kappa shape index (κ2) is 79.2. The fraction of sp³-hybridized carbons (Fsp3) is 0.905. The number of amides is 6. The summed E-state index contributed by atoms with van der Waals surface area (Å²) in [6, 6.07) is -0.0509. The van der Waals surface area contributed by atoms with E-state index < -0.39 is 0 Å². The Hall–Kier alpha value is -2.96. The van der Waals surface area contributed by atoms with Crippen LogP contribution >= 0.6 is 0 Å². The number of nitrogens with zero attached hydrogens (tertiary/aromatic N) is 10. The number of rotatable bonds is 5. The summed E-state index contributed by atoms with van der Waals surface area (Å²) in [5.41, 5.74) is 0. The quantitative estimate of drug-likeness (QED) is 0.283. The van der Waals surface area contributed by atoms with E-state index in [1.54, 1.807) is 77.5 Å². The summed E-state index contributed by atoms with van der Waals surface area (Å²) in [5, 5.41) is 5.44. The Balaban J connectivity index is -0.0000000224. The van der Waals surface area contributed by atoms with Crippen molar-refractivity contribution in [3.8, 4) is 0 Å². The van der Waals surface area contributed by atoms with E-state index >= 15 is 0 Å². The second-order valence-electron chi connectivity index (χ2n) is 12.9. The van der Waals surface area contributed by atoms with E-state index in [1.165, 1.54) is 38.5 Å². The van der Waals surface area contributed by atoms with Gasteiger partial charge in [-0.2, -0.15) is 0 Å². The van der Waals surface area contributed by atoms with Gasteiger partial charge in [0.2, 0.25) is 5.91 Å². The number of carbonyl (C=O) groups is 4. The lowest BCUT2D eigenvalue weighted by molar-refractivity contribution is -0.126. The highest BCUT2D eigenvalue weighted by atomic mass is 16.5. The number of carbonyl (C=O) groups excluding carboxylic acids is 4. The molecule has 0 aromatic heterocycles. The Morgan fingerprint density at radius 1 is 0.458 bits per heavy atom. The molecule has 0 unspecified atom stereocenters. The zero-order valence-electron chi connectivity index (χ0n) is 37.6. The minimum Gasteiger partial charge on any atom is -0.453 e. The molecular weight excluding hydrogens is 753 g/mol. The maximum Gasteiger partial charge on any atom is 0.408 e. The Bertz CT molecular complexity index is 700. The molecule has 380 valence electrons. The van der Waals surface area contributed by atoms with Crippen molar-refractivity contribution in [3.05, 3.63) is 0 Å². The first-order valence-electron chi connectivity index (χ1n) is 16.0. The Morgan fingerprint density at radius 3 is 0.712 bits per heavy atom. The topological polar surface area (TPSA) is 134 Å². The zero-order chi connectivity index (χ0) is 42.3. The average molecular weight is 876 g/mol. The molecule has 0 aromatic rings. The summed E-state index contributed by atoms with van der Waals surface area (Å²) < 4.78 is 4.30. The van der Waals surface area contributed by atoms with E-state index in [0.29, 0.717) is 0 Å². The molecule has 0 saturated carbocycles. The first-order chi connectivity index (χ1) is 22.5. The molecule has 0 spiro atoms. The minimum atomic E-state index is -0.319. The van der Waals surface area contributed by atoms with Gasteiger partial charge in [0.05, 0.1) is 7.11 Å². The fourth-order valence-electron chi connectivity index (χ4n) is 1.69. The van der Waals surface area contributed by atoms with E-state index in [1.807, 2.05) is 47.2 Å². The molecular formula is C42H122N12O5. The van der Waals surface area contributed by atoms with Crippen molar-refractivity contribution in [2.75, 3.05) is 189 Å². The van der Waals surface area contributed by atoms with Crippen LogP contribution in [0.2, 0.25) is 0 Å². The monoisotopic (exact) mass is 875 g/mol. The first-order valence-corrected chi connectivity index (χ1v) is 16.0. The van der Waals surface area contributed by atoms with Gasteiger partial charge in [0.1, 0.15) is 0 Å². The largest absolute Gasteiger partial charge is 0.453 e. The summed E-state index contributed by atoms with van der Waals surface area (Å²) in [7, 11) is 44.3. The number of urea groups is 2. The Labute approximate surface area is 376 Å². The van der Waals surface area contributed by atoms with Gasteiger partial charge in [0, 0.05) is 97.8 Å². The van der Waals surface area contributed by atoms with Crippen LogP contribution in [0.3, 0.4) is 0 Å². The van der Waals surface area contributed by atoms with Crippen LogP contribution < -0.4 is 10.6 Å². The molecule has 0 fully saturated rings. The van der Waals surface area contributed by atoms with Gasteiger partial charge in [0.25, 0.3) is 0 Å². The standard InChI is InChI=1S/C5H12N2O.C5H14N2.C4H10N2O.C4H12N2.C4H9NO2.C4H9NO.C4H11N.C3H9N.9CH4/c1-6(2)5(8)7(3)4;1-6(2)5-7(3)4;1-5-4(7)6(2)3;1-5-4-6(2)3;1-5(2)4(6)7-3;1-4(6)5(2)3;1-4-5(2)3;1-4(2)3;;;;;;;;;/h1-4H3;5H2,1-4H3;1-3H3,(H,5,7);5H,4H2,1-3H3;1-3H3;1-3H3;4H2,1-3H3;1-3H3;9*1H4. The number of hydrogen-bond donors (Lipinski definition) is 2. The third-order valence-electron chi connectivity index (χ3n) is 4.23. The third kappa shape index (κ3) is 172. The van der Waals surface area contributed by atoms with Crippen LogP contribution in [0.15, 0.2) is 0 Å².